The minimum absolute atomic E-state index is 0.698. The van der Waals surface area contributed by atoms with Gasteiger partial charge in [-0.1, -0.05) is 0 Å². The molecular formula is C7H14N2O2. The van der Waals surface area contributed by atoms with Crippen molar-refractivity contribution in [2.24, 2.45) is 0 Å². The molecule has 2 amide bonds. The van der Waals surface area contributed by atoms with Crippen molar-refractivity contribution in [1.82, 2.24) is 10.6 Å². The Kier molecular flexibility index (Phi) is 8.08. The molecule has 0 aromatic heterocycles. The summed E-state index contributed by atoms with van der Waals surface area (Å²) >= 11 is 0. The van der Waals surface area contributed by atoms with E-state index in [1.165, 1.54) is 0 Å². The largest absolute Gasteiger partial charge is 0.359 e. The van der Waals surface area contributed by atoms with Gasteiger partial charge in [0.1, 0.15) is 0 Å². The molecule has 0 aromatic rings. The van der Waals surface area contributed by atoms with Crippen LogP contribution >= 0.6 is 0 Å². The van der Waals surface area contributed by atoms with Gasteiger partial charge in [-0.2, -0.15) is 0 Å². The molecule has 0 rings (SSSR count). The number of hydrogen-bond acceptors (Lipinski definition) is 2. The Morgan fingerprint density at radius 2 is 1.27 bits per heavy atom. The normalized spacial score (nSPS) is 8.73. The van der Waals surface area contributed by atoms with Crippen LogP contribution < -0.4 is 10.6 Å². The zero-order valence-corrected chi connectivity index (χ0v) is 6.51. The first-order valence-corrected chi connectivity index (χ1v) is 3.76. The third-order valence-corrected chi connectivity index (χ3v) is 1.31. The van der Waals surface area contributed by atoms with E-state index in [1.54, 1.807) is 0 Å². The Balaban J connectivity index is 2.79. The van der Waals surface area contributed by atoms with Crippen molar-refractivity contribution >= 4 is 12.8 Å². The molecule has 0 aliphatic carbocycles. The van der Waals surface area contributed by atoms with E-state index in [0.717, 1.165) is 32.4 Å². The van der Waals surface area contributed by atoms with Crippen LogP contribution in [0.4, 0.5) is 0 Å². The highest BCUT2D eigenvalue weighted by Gasteiger charge is 1.86. The van der Waals surface area contributed by atoms with Crippen molar-refractivity contribution in [2.75, 3.05) is 13.1 Å². The van der Waals surface area contributed by atoms with Crippen LogP contribution in [0.3, 0.4) is 0 Å². The summed E-state index contributed by atoms with van der Waals surface area (Å²) in [5.41, 5.74) is 0. The monoisotopic (exact) mass is 158 g/mol. The SMILES string of the molecule is O=CNCCCCCNC=O. The van der Waals surface area contributed by atoms with Gasteiger partial charge in [-0.25, -0.2) is 0 Å². The van der Waals surface area contributed by atoms with Gasteiger partial charge in [-0.15, -0.1) is 0 Å². The maximum Gasteiger partial charge on any atom is 0.207 e. The van der Waals surface area contributed by atoms with Gasteiger partial charge in [0.2, 0.25) is 12.8 Å². The smallest absolute Gasteiger partial charge is 0.207 e. The van der Waals surface area contributed by atoms with Crippen molar-refractivity contribution < 1.29 is 9.59 Å². The second-order valence-electron chi connectivity index (χ2n) is 2.20. The minimum atomic E-state index is 0.698. The molecule has 0 heterocycles. The summed E-state index contributed by atoms with van der Waals surface area (Å²) < 4.78 is 0. The van der Waals surface area contributed by atoms with Gasteiger partial charge in [-0.3, -0.25) is 9.59 Å². The second kappa shape index (κ2) is 8.94. The van der Waals surface area contributed by atoms with Gasteiger partial charge in [0, 0.05) is 13.1 Å². The van der Waals surface area contributed by atoms with E-state index in [9.17, 15) is 9.59 Å². The van der Waals surface area contributed by atoms with E-state index in [2.05, 4.69) is 10.6 Å². The molecule has 0 aromatic carbocycles. The van der Waals surface area contributed by atoms with Gasteiger partial charge in [0.05, 0.1) is 0 Å². The molecule has 0 radical (unpaired) electrons. The number of hydrogen-bond donors (Lipinski definition) is 2. The molecule has 64 valence electrons. The molecule has 0 bridgehead atoms. The van der Waals surface area contributed by atoms with Crippen LogP contribution in [0.5, 0.6) is 0 Å². The van der Waals surface area contributed by atoms with Gasteiger partial charge in [0.15, 0.2) is 0 Å². The lowest BCUT2D eigenvalue weighted by Gasteiger charge is -1.98. The third-order valence-electron chi connectivity index (χ3n) is 1.31. The fraction of sp³-hybridized carbons (Fsp3) is 0.714. The van der Waals surface area contributed by atoms with Crippen molar-refractivity contribution in [2.45, 2.75) is 19.3 Å². The Morgan fingerprint density at radius 3 is 1.64 bits per heavy atom. The van der Waals surface area contributed by atoms with Gasteiger partial charge >= 0.3 is 0 Å². The van der Waals surface area contributed by atoms with E-state index in [-0.39, 0.29) is 0 Å². The number of rotatable bonds is 8. The summed E-state index contributed by atoms with van der Waals surface area (Å²) in [6.07, 6.45) is 4.37. The second-order valence-corrected chi connectivity index (χ2v) is 2.20. The molecule has 0 spiro atoms. The molecule has 4 heteroatoms. The van der Waals surface area contributed by atoms with Crippen LogP contribution in [0.1, 0.15) is 19.3 Å². The number of carbonyl (C=O) groups excluding carboxylic acids is 2. The number of amides is 2. The van der Waals surface area contributed by atoms with E-state index < -0.39 is 0 Å². The molecular weight excluding hydrogens is 144 g/mol. The van der Waals surface area contributed by atoms with Crippen molar-refractivity contribution in [3.8, 4) is 0 Å². The fourth-order valence-corrected chi connectivity index (χ4v) is 0.749. The predicted molar refractivity (Wildman–Crippen MR) is 42.0 cm³/mol. The molecule has 0 saturated heterocycles. The maximum atomic E-state index is 9.77. The molecule has 0 aliphatic rings. The van der Waals surface area contributed by atoms with Crippen LogP contribution in [0.15, 0.2) is 0 Å². The number of carbonyl (C=O) groups is 2. The summed E-state index contributed by atoms with van der Waals surface area (Å²) in [4.78, 5) is 19.5. The van der Waals surface area contributed by atoms with Crippen molar-refractivity contribution in [3.05, 3.63) is 0 Å². The number of unbranched alkanes of at least 4 members (excludes halogenated alkanes) is 2. The highest BCUT2D eigenvalue weighted by atomic mass is 16.1. The van der Waals surface area contributed by atoms with Crippen LogP contribution in [0.2, 0.25) is 0 Å². The summed E-state index contributed by atoms with van der Waals surface area (Å²) in [6, 6.07) is 0. The lowest BCUT2D eigenvalue weighted by molar-refractivity contribution is -0.110. The minimum Gasteiger partial charge on any atom is -0.359 e. The average molecular weight is 158 g/mol. The van der Waals surface area contributed by atoms with Gasteiger partial charge in [0.25, 0.3) is 0 Å². The molecule has 0 aliphatic heterocycles. The number of nitrogens with one attached hydrogen (secondary N) is 2. The summed E-state index contributed by atoms with van der Waals surface area (Å²) in [7, 11) is 0. The highest BCUT2D eigenvalue weighted by Crippen LogP contribution is 1.90. The van der Waals surface area contributed by atoms with Gasteiger partial charge < -0.3 is 10.6 Å². The Bertz CT molecular complexity index is 94.6. The van der Waals surface area contributed by atoms with Crippen LogP contribution in [0.25, 0.3) is 0 Å². The van der Waals surface area contributed by atoms with Crippen molar-refractivity contribution in [1.29, 1.82) is 0 Å². The zero-order chi connectivity index (χ0) is 8.36. The summed E-state index contributed by atoms with van der Waals surface area (Å²) in [6.45, 7) is 1.45. The van der Waals surface area contributed by atoms with E-state index in [4.69, 9.17) is 0 Å². The molecule has 4 nitrogen and oxygen atoms in total. The van der Waals surface area contributed by atoms with Gasteiger partial charge in [-0.05, 0) is 19.3 Å². The average Bonchev–Trinajstić information content (AvgIpc) is 2.03. The Morgan fingerprint density at radius 1 is 0.818 bits per heavy atom. The summed E-state index contributed by atoms with van der Waals surface area (Å²) in [5, 5.41) is 5.14. The first-order chi connectivity index (χ1) is 5.41. The van der Waals surface area contributed by atoms with E-state index in [0.29, 0.717) is 12.8 Å². The quantitative estimate of drug-likeness (QED) is 0.374. The molecule has 2 N–H and O–H groups in total. The first kappa shape index (κ1) is 9.94. The summed E-state index contributed by atoms with van der Waals surface area (Å²) in [5.74, 6) is 0. The van der Waals surface area contributed by atoms with Crippen LogP contribution in [-0.4, -0.2) is 25.9 Å². The first-order valence-electron chi connectivity index (χ1n) is 3.76. The third kappa shape index (κ3) is 8.94. The lowest BCUT2D eigenvalue weighted by Crippen LogP contribution is -2.14. The van der Waals surface area contributed by atoms with Crippen LogP contribution in [0, 0.1) is 0 Å². The standard InChI is InChI=1S/C7H14N2O2/c10-6-8-4-2-1-3-5-9-7-11/h6-7H,1-5H2,(H,8,10)(H,9,11). The molecule has 0 atom stereocenters. The molecule has 0 unspecified atom stereocenters. The highest BCUT2D eigenvalue weighted by molar-refractivity contribution is 5.45. The van der Waals surface area contributed by atoms with E-state index >= 15 is 0 Å². The molecule has 11 heavy (non-hydrogen) atoms. The fourth-order valence-electron chi connectivity index (χ4n) is 0.749. The zero-order valence-electron chi connectivity index (χ0n) is 6.51. The Hall–Kier alpha value is -1.06. The predicted octanol–water partition coefficient (Wildman–Crippen LogP) is -0.351. The molecule has 0 saturated carbocycles. The molecule has 0 fully saturated rings. The maximum absolute atomic E-state index is 9.77. The van der Waals surface area contributed by atoms with Crippen molar-refractivity contribution in [3.63, 3.8) is 0 Å². The van der Waals surface area contributed by atoms with E-state index in [1.807, 2.05) is 0 Å². The Labute approximate surface area is 66.4 Å². The topological polar surface area (TPSA) is 58.2 Å². The van der Waals surface area contributed by atoms with Crippen LogP contribution in [-0.2, 0) is 9.59 Å². The lowest BCUT2D eigenvalue weighted by atomic mass is 10.2.